The van der Waals surface area contributed by atoms with E-state index in [-0.39, 0.29) is 28.2 Å². The molecule has 0 aliphatic carbocycles. The first-order valence-corrected chi connectivity index (χ1v) is 6.52. The Kier molecular flexibility index (Phi) is 4.13. The van der Waals surface area contributed by atoms with Crippen LogP contribution < -0.4 is 4.74 Å². The molecule has 0 aliphatic rings. The smallest absolute Gasteiger partial charge is 0.343 e. The molecular weight excluding hydrogens is 304 g/mol. The van der Waals surface area contributed by atoms with Crippen LogP contribution in [0.5, 0.6) is 28.7 Å². The fraction of sp³-hybridized carbons (Fsp3) is 0.125. The molecule has 7 nitrogen and oxygen atoms in total. The van der Waals surface area contributed by atoms with E-state index in [0.29, 0.717) is 0 Å². The first-order chi connectivity index (χ1) is 10.7. The van der Waals surface area contributed by atoms with Gasteiger partial charge in [-0.2, -0.15) is 0 Å². The summed E-state index contributed by atoms with van der Waals surface area (Å²) in [6, 6.07) is 4.31. The Balaban J connectivity index is 2.39. The Labute approximate surface area is 131 Å². The number of rotatable bonds is 3. The average Bonchev–Trinajstić information content (AvgIpc) is 2.48. The summed E-state index contributed by atoms with van der Waals surface area (Å²) in [4.78, 5) is 23.4. The molecule has 2 aromatic carbocycles. The highest BCUT2D eigenvalue weighted by Gasteiger charge is 2.19. The monoisotopic (exact) mass is 318 g/mol. The molecule has 0 aliphatic heterocycles. The highest BCUT2D eigenvalue weighted by molar-refractivity contribution is 5.96. The molecule has 0 heterocycles. The molecule has 0 unspecified atom stereocenters. The third-order valence-corrected chi connectivity index (χ3v) is 3.25. The highest BCUT2D eigenvalue weighted by atomic mass is 16.5. The predicted octanol–water partition coefficient (Wildman–Crippen LogP) is 2.24. The Morgan fingerprint density at radius 1 is 0.870 bits per heavy atom. The molecule has 120 valence electrons. The molecule has 2 rings (SSSR count). The lowest BCUT2D eigenvalue weighted by atomic mass is 10.1. The lowest BCUT2D eigenvalue weighted by Crippen LogP contribution is -2.09. The van der Waals surface area contributed by atoms with Crippen LogP contribution in [0.25, 0.3) is 0 Å². The molecule has 2 aromatic rings. The van der Waals surface area contributed by atoms with Crippen molar-refractivity contribution in [3.8, 4) is 28.7 Å². The van der Waals surface area contributed by atoms with Crippen LogP contribution in [-0.4, -0.2) is 32.2 Å². The number of Topliss-reactive ketones (excluding diaryl/α,β-unsaturated/α-hetero) is 1. The van der Waals surface area contributed by atoms with Crippen LogP contribution in [0.1, 0.15) is 33.2 Å². The number of benzene rings is 2. The van der Waals surface area contributed by atoms with Crippen LogP contribution in [0, 0.1) is 6.92 Å². The van der Waals surface area contributed by atoms with Crippen molar-refractivity contribution in [1.29, 1.82) is 0 Å². The van der Waals surface area contributed by atoms with Crippen molar-refractivity contribution in [1.82, 2.24) is 0 Å². The number of carbonyl (C=O) groups excluding carboxylic acids is 2. The normalized spacial score (nSPS) is 10.3. The van der Waals surface area contributed by atoms with Gasteiger partial charge in [0.15, 0.2) is 17.3 Å². The van der Waals surface area contributed by atoms with Gasteiger partial charge >= 0.3 is 5.97 Å². The quantitative estimate of drug-likeness (QED) is 0.296. The van der Waals surface area contributed by atoms with E-state index < -0.39 is 29.0 Å². The van der Waals surface area contributed by atoms with Gasteiger partial charge < -0.3 is 25.2 Å². The molecule has 0 fully saturated rings. The van der Waals surface area contributed by atoms with Crippen LogP contribution in [-0.2, 0) is 0 Å². The van der Waals surface area contributed by atoms with E-state index in [2.05, 4.69) is 0 Å². The molecule has 0 saturated carbocycles. The molecule has 0 bridgehead atoms. The molecule has 23 heavy (non-hydrogen) atoms. The van der Waals surface area contributed by atoms with Crippen molar-refractivity contribution in [3.05, 3.63) is 41.0 Å². The van der Waals surface area contributed by atoms with Crippen molar-refractivity contribution in [2.45, 2.75) is 13.8 Å². The number of ether oxygens (including phenoxy) is 1. The Bertz CT molecular complexity index is 785. The van der Waals surface area contributed by atoms with Gasteiger partial charge in [0, 0.05) is 11.1 Å². The van der Waals surface area contributed by atoms with Gasteiger partial charge in [0.1, 0.15) is 11.5 Å². The summed E-state index contributed by atoms with van der Waals surface area (Å²) in [6.45, 7) is 2.70. The van der Waals surface area contributed by atoms with Gasteiger partial charge in [-0.3, -0.25) is 4.79 Å². The first-order valence-electron chi connectivity index (χ1n) is 6.52. The van der Waals surface area contributed by atoms with Crippen molar-refractivity contribution < 1.29 is 34.8 Å². The van der Waals surface area contributed by atoms with Crippen LogP contribution in [0.3, 0.4) is 0 Å². The first kappa shape index (κ1) is 16.2. The van der Waals surface area contributed by atoms with Gasteiger partial charge in [-0.1, -0.05) is 0 Å². The standard InChI is InChI=1S/C16H14O7/c1-7-11(18)4-10(5-12(7)19)16(22)23-14-6-9(8(2)17)3-13(20)15(14)21/h3-6,18-21H,1-2H3. The summed E-state index contributed by atoms with van der Waals surface area (Å²) in [6.07, 6.45) is 0. The molecule has 0 aromatic heterocycles. The minimum atomic E-state index is -0.994. The minimum absolute atomic E-state index is 0.0395. The number of hydrogen-bond donors (Lipinski definition) is 4. The third-order valence-electron chi connectivity index (χ3n) is 3.25. The van der Waals surface area contributed by atoms with Crippen molar-refractivity contribution in [2.24, 2.45) is 0 Å². The maximum atomic E-state index is 12.1. The second-order valence-corrected chi connectivity index (χ2v) is 4.93. The van der Waals surface area contributed by atoms with Crippen molar-refractivity contribution in [3.63, 3.8) is 0 Å². The summed E-state index contributed by atoms with van der Waals surface area (Å²) in [5.41, 5.74) is 0.0658. The number of aromatic hydroxyl groups is 4. The van der Waals surface area contributed by atoms with Crippen LogP contribution in [0.4, 0.5) is 0 Å². The summed E-state index contributed by atoms with van der Waals surface area (Å²) in [5.74, 6) is -3.74. The predicted molar refractivity (Wildman–Crippen MR) is 79.2 cm³/mol. The SMILES string of the molecule is CC(=O)c1cc(O)c(O)c(OC(=O)c2cc(O)c(C)c(O)c2)c1. The lowest BCUT2D eigenvalue weighted by Gasteiger charge is -2.10. The molecule has 4 N–H and O–H groups in total. The zero-order valence-electron chi connectivity index (χ0n) is 12.3. The van der Waals surface area contributed by atoms with E-state index in [9.17, 15) is 30.0 Å². The lowest BCUT2D eigenvalue weighted by molar-refractivity contribution is 0.0727. The fourth-order valence-electron chi connectivity index (χ4n) is 1.83. The van der Waals surface area contributed by atoms with Gasteiger partial charge in [0.25, 0.3) is 0 Å². The molecule has 0 radical (unpaired) electrons. The molecule has 0 spiro atoms. The summed E-state index contributed by atoms with van der Waals surface area (Å²) < 4.78 is 4.93. The van der Waals surface area contributed by atoms with E-state index in [1.165, 1.54) is 13.8 Å². The van der Waals surface area contributed by atoms with Gasteiger partial charge in [0.05, 0.1) is 5.56 Å². The minimum Gasteiger partial charge on any atom is -0.508 e. The summed E-state index contributed by atoms with van der Waals surface area (Å²) >= 11 is 0. The number of phenols is 4. The van der Waals surface area contributed by atoms with Crippen LogP contribution in [0.2, 0.25) is 0 Å². The molecule has 0 saturated heterocycles. The van der Waals surface area contributed by atoms with Gasteiger partial charge in [-0.15, -0.1) is 0 Å². The third kappa shape index (κ3) is 3.18. The molecule has 0 amide bonds. The zero-order valence-corrected chi connectivity index (χ0v) is 12.3. The van der Waals surface area contributed by atoms with Gasteiger partial charge in [-0.25, -0.2) is 4.79 Å². The van der Waals surface area contributed by atoms with Gasteiger partial charge in [0.2, 0.25) is 5.75 Å². The second kappa shape index (κ2) is 5.88. The van der Waals surface area contributed by atoms with E-state index >= 15 is 0 Å². The Morgan fingerprint density at radius 3 is 1.91 bits per heavy atom. The van der Waals surface area contributed by atoms with E-state index in [0.717, 1.165) is 24.3 Å². The Morgan fingerprint density at radius 2 is 1.39 bits per heavy atom. The van der Waals surface area contributed by atoms with Crippen LogP contribution >= 0.6 is 0 Å². The topological polar surface area (TPSA) is 124 Å². The molecule has 7 heteroatoms. The molecular formula is C16H14O7. The summed E-state index contributed by atoms with van der Waals surface area (Å²) in [7, 11) is 0. The zero-order chi connectivity index (χ0) is 17.3. The second-order valence-electron chi connectivity index (χ2n) is 4.93. The summed E-state index contributed by atoms with van der Waals surface area (Å²) in [5, 5.41) is 38.5. The highest BCUT2D eigenvalue weighted by Crippen LogP contribution is 2.37. The number of ketones is 1. The number of carbonyl (C=O) groups is 2. The molecule has 0 atom stereocenters. The van der Waals surface area contributed by atoms with Gasteiger partial charge in [-0.05, 0) is 38.1 Å². The van der Waals surface area contributed by atoms with E-state index in [1.54, 1.807) is 0 Å². The van der Waals surface area contributed by atoms with E-state index in [4.69, 9.17) is 4.74 Å². The number of esters is 1. The maximum absolute atomic E-state index is 12.1. The number of phenolic OH excluding ortho intramolecular Hbond substituents is 4. The van der Waals surface area contributed by atoms with Crippen molar-refractivity contribution in [2.75, 3.05) is 0 Å². The van der Waals surface area contributed by atoms with Crippen molar-refractivity contribution >= 4 is 11.8 Å². The fourth-order valence-corrected chi connectivity index (χ4v) is 1.83. The van der Waals surface area contributed by atoms with E-state index in [1.807, 2.05) is 0 Å². The average molecular weight is 318 g/mol. The number of hydrogen-bond acceptors (Lipinski definition) is 7. The largest absolute Gasteiger partial charge is 0.508 e. The van der Waals surface area contributed by atoms with Crippen LogP contribution in [0.15, 0.2) is 24.3 Å². The maximum Gasteiger partial charge on any atom is 0.343 e. The Hall–Kier alpha value is -3.22.